The van der Waals surface area contributed by atoms with Gasteiger partial charge in [0.15, 0.2) is 0 Å². The van der Waals surface area contributed by atoms with E-state index in [1.54, 1.807) is 11.0 Å². The first kappa shape index (κ1) is 13.4. The quantitative estimate of drug-likeness (QED) is 0.569. The first-order valence-corrected chi connectivity index (χ1v) is 6.10. The summed E-state index contributed by atoms with van der Waals surface area (Å²) in [5, 5.41) is 0. The molecule has 1 aromatic rings. The van der Waals surface area contributed by atoms with E-state index in [0.29, 0.717) is 25.3 Å². The lowest BCUT2D eigenvalue weighted by atomic mass is 10.1. The van der Waals surface area contributed by atoms with Crippen molar-refractivity contribution in [2.24, 2.45) is 5.73 Å². The largest absolute Gasteiger partial charge is 0.464 e. The van der Waals surface area contributed by atoms with Crippen molar-refractivity contribution < 1.29 is 14.3 Å². The fourth-order valence-electron chi connectivity index (χ4n) is 2.19. The number of hydrogen-bond acceptors (Lipinski definition) is 5. The van der Waals surface area contributed by atoms with Crippen LogP contribution in [0.3, 0.4) is 0 Å². The van der Waals surface area contributed by atoms with E-state index in [0.717, 1.165) is 5.56 Å². The van der Waals surface area contributed by atoms with Gasteiger partial charge in [-0.1, -0.05) is 18.2 Å². The summed E-state index contributed by atoms with van der Waals surface area (Å²) in [5.74, 6) is -0.787. The third-order valence-corrected chi connectivity index (χ3v) is 3.14. The number of hydrogen-bond donors (Lipinski definition) is 2. The molecule has 0 bridgehead atoms. The second-order valence-electron chi connectivity index (χ2n) is 4.54. The van der Waals surface area contributed by atoms with Crippen LogP contribution in [0.25, 0.3) is 0 Å². The van der Waals surface area contributed by atoms with E-state index in [2.05, 4.69) is 0 Å². The Kier molecular flexibility index (Phi) is 4.01. The predicted molar refractivity (Wildman–Crippen MR) is 69.8 cm³/mol. The van der Waals surface area contributed by atoms with Crippen LogP contribution in [0.5, 0.6) is 0 Å². The molecule has 1 aromatic carbocycles. The zero-order valence-corrected chi connectivity index (χ0v) is 10.5. The number of rotatable bonds is 5. The Labute approximate surface area is 111 Å². The van der Waals surface area contributed by atoms with Gasteiger partial charge in [-0.3, -0.25) is 14.5 Å². The highest BCUT2D eigenvalue weighted by molar-refractivity contribution is 5.80. The van der Waals surface area contributed by atoms with Gasteiger partial charge in [-0.15, -0.1) is 0 Å². The van der Waals surface area contributed by atoms with Crippen LogP contribution in [0.15, 0.2) is 24.3 Å². The third kappa shape index (κ3) is 3.23. The summed E-state index contributed by atoms with van der Waals surface area (Å²) in [6.07, 6.45) is 0.568. The third-order valence-electron chi connectivity index (χ3n) is 3.14. The molecular weight excluding hydrogens is 246 g/mol. The lowest BCUT2D eigenvalue weighted by Gasteiger charge is -2.25. The van der Waals surface area contributed by atoms with Gasteiger partial charge in [-0.05, 0) is 11.6 Å². The number of esters is 1. The molecule has 0 aromatic heterocycles. The molecule has 1 fully saturated rings. The van der Waals surface area contributed by atoms with Crippen molar-refractivity contribution >= 4 is 17.6 Å². The lowest BCUT2D eigenvalue weighted by molar-refractivity contribution is -0.142. The molecule has 1 unspecified atom stereocenters. The first-order valence-electron chi connectivity index (χ1n) is 6.10. The summed E-state index contributed by atoms with van der Waals surface area (Å²) in [6, 6.07) is 6.92. The van der Waals surface area contributed by atoms with Gasteiger partial charge in [0.05, 0.1) is 13.2 Å². The van der Waals surface area contributed by atoms with E-state index < -0.39 is 11.9 Å². The fraction of sp³-hybridized carbons (Fsp3) is 0.385. The highest BCUT2D eigenvalue weighted by Crippen LogP contribution is 2.19. The number of ether oxygens (including phenoxy) is 1. The summed E-state index contributed by atoms with van der Waals surface area (Å²) >= 11 is 0. The predicted octanol–water partition coefficient (Wildman–Crippen LogP) is -0.128. The maximum Gasteiger partial charge on any atom is 0.323 e. The molecule has 1 heterocycles. The van der Waals surface area contributed by atoms with Crippen LogP contribution < -0.4 is 11.5 Å². The van der Waals surface area contributed by atoms with Gasteiger partial charge in [0.1, 0.15) is 6.04 Å². The lowest BCUT2D eigenvalue weighted by Crippen LogP contribution is -2.43. The number of primary amides is 1. The number of cyclic esters (lactones) is 1. The summed E-state index contributed by atoms with van der Waals surface area (Å²) in [4.78, 5) is 24.5. The summed E-state index contributed by atoms with van der Waals surface area (Å²) in [7, 11) is 0. The molecule has 0 spiro atoms. The molecule has 102 valence electrons. The standard InChI is InChI=1S/C13H17N3O3/c14-10-4-2-1-3-9(10)7-16(8-12(15)17)11-5-6-19-13(11)18/h1-4,11H,5-8,14H2,(H2,15,17). The highest BCUT2D eigenvalue weighted by atomic mass is 16.5. The van der Waals surface area contributed by atoms with Crippen molar-refractivity contribution in [1.82, 2.24) is 4.90 Å². The molecule has 4 N–H and O–H groups in total. The van der Waals surface area contributed by atoms with E-state index in [4.69, 9.17) is 16.2 Å². The SMILES string of the molecule is NC(=O)CN(Cc1ccccc1N)C1CCOC1=O. The van der Waals surface area contributed by atoms with Crippen LogP contribution in [0, 0.1) is 0 Å². The number of nitrogens with zero attached hydrogens (tertiary/aromatic N) is 1. The van der Waals surface area contributed by atoms with Crippen LogP contribution in [0.4, 0.5) is 5.69 Å². The molecule has 6 heteroatoms. The first-order chi connectivity index (χ1) is 9.08. The monoisotopic (exact) mass is 263 g/mol. The minimum atomic E-state index is -0.478. The maximum absolute atomic E-state index is 11.6. The van der Waals surface area contributed by atoms with E-state index in [9.17, 15) is 9.59 Å². The fourth-order valence-corrected chi connectivity index (χ4v) is 2.19. The number of nitrogens with two attached hydrogens (primary N) is 2. The van der Waals surface area contributed by atoms with Crippen LogP contribution in [0.1, 0.15) is 12.0 Å². The molecule has 1 aliphatic heterocycles. The van der Waals surface area contributed by atoms with Gasteiger partial charge in [-0.25, -0.2) is 0 Å². The number of para-hydroxylation sites is 1. The van der Waals surface area contributed by atoms with Gasteiger partial charge in [0.2, 0.25) is 5.91 Å². The molecule has 1 saturated heterocycles. The number of benzene rings is 1. The van der Waals surface area contributed by atoms with Crippen LogP contribution >= 0.6 is 0 Å². The van der Waals surface area contributed by atoms with Gasteiger partial charge >= 0.3 is 5.97 Å². The van der Waals surface area contributed by atoms with Crippen molar-refractivity contribution in [2.75, 3.05) is 18.9 Å². The number of carbonyl (C=O) groups excluding carboxylic acids is 2. The summed E-state index contributed by atoms with van der Waals surface area (Å²) < 4.78 is 4.93. The zero-order chi connectivity index (χ0) is 13.8. The number of anilines is 1. The maximum atomic E-state index is 11.6. The average molecular weight is 263 g/mol. The van der Waals surface area contributed by atoms with Gasteiger partial charge in [0.25, 0.3) is 0 Å². The second-order valence-corrected chi connectivity index (χ2v) is 4.54. The van der Waals surface area contributed by atoms with Crippen molar-refractivity contribution in [1.29, 1.82) is 0 Å². The Morgan fingerprint density at radius 3 is 2.74 bits per heavy atom. The number of amides is 1. The number of carbonyl (C=O) groups is 2. The highest BCUT2D eigenvalue weighted by Gasteiger charge is 2.33. The molecular formula is C13H17N3O3. The van der Waals surface area contributed by atoms with Gasteiger partial charge < -0.3 is 16.2 Å². The van der Waals surface area contributed by atoms with Gasteiger partial charge in [-0.2, -0.15) is 0 Å². The molecule has 0 saturated carbocycles. The Bertz CT molecular complexity index is 490. The Morgan fingerprint density at radius 2 is 2.16 bits per heavy atom. The van der Waals surface area contributed by atoms with Crippen LogP contribution in [-0.2, 0) is 20.9 Å². The second kappa shape index (κ2) is 5.71. The van der Waals surface area contributed by atoms with E-state index in [1.807, 2.05) is 18.2 Å². The molecule has 1 aliphatic rings. The average Bonchev–Trinajstić information content (AvgIpc) is 2.77. The Hall–Kier alpha value is -2.08. The summed E-state index contributed by atoms with van der Waals surface area (Å²) in [5.41, 5.74) is 12.6. The van der Waals surface area contributed by atoms with Gasteiger partial charge in [0, 0.05) is 18.7 Å². The van der Waals surface area contributed by atoms with E-state index in [-0.39, 0.29) is 12.5 Å². The topological polar surface area (TPSA) is 98.7 Å². The van der Waals surface area contributed by atoms with Crippen LogP contribution in [0.2, 0.25) is 0 Å². The molecule has 0 radical (unpaired) electrons. The number of nitrogen functional groups attached to an aromatic ring is 1. The van der Waals surface area contributed by atoms with Crippen LogP contribution in [-0.4, -0.2) is 36.0 Å². The van der Waals surface area contributed by atoms with Crippen molar-refractivity contribution in [3.05, 3.63) is 29.8 Å². The Morgan fingerprint density at radius 1 is 1.42 bits per heavy atom. The molecule has 19 heavy (non-hydrogen) atoms. The molecule has 0 aliphatic carbocycles. The minimum Gasteiger partial charge on any atom is -0.464 e. The molecule has 1 atom stereocenters. The molecule has 2 rings (SSSR count). The molecule has 6 nitrogen and oxygen atoms in total. The van der Waals surface area contributed by atoms with E-state index >= 15 is 0 Å². The van der Waals surface area contributed by atoms with Crippen molar-refractivity contribution in [3.63, 3.8) is 0 Å². The Balaban J connectivity index is 2.16. The van der Waals surface area contributed by atoms with E-state index in [1.165, 1.54) is 0 Å². The zero-order valence-electron chi connectivity index (χ0n) is 10.5. The van der Waals surface area contributed by atoms with Crippen molar-refractivity contribution in [2.45, 2.75) is 19.0 Å². The molecule has 1 amide bonds. The minimum absolute atomic E-state index is 0.00804. The summed E-state index contributed by atoms with van der Waals surface area (Å²) in [6.45, 7) is 0.784. The normalized spacial score (nSPS) is 18.6. The van der Waals surface area contributed by atoms with Crippen molar-refractivity contribution in [3.8, 4) is 0 Å². The smallest absolute Gasteiger partial charge is 0.323 e.